The van der Waals surface area contributed by atoms with Crippen LogP contribution in [0.2, 0.25) is 0 Å². The number of para-hydroxylation sites is 1. The quantitative estimate of drug-likeness (QED) is 0.796. The highest BCUT2D eigenvalue weighted by Gasteiger charge is 2.45. The SMILES string of the molecule is CNC1CC2(CCNCC2C)Oc2ccccc21. The van der Waals surface area contributed by atoms with E-state index in [0.717, 1.165) is 31.7 Å². The van der Waals surface area contributed by atoms with Gasteiger partial charge in [-0.05, 0) is 26.1 Å². The molecule has 2 heterocycles. The maximum Gasteiger partial charge on any atom is 0.124 e. The number of rotatable bonds is 1. The molecule has 1 fully saturated rings. The smallest absolute Gasteiger partial charge is 0.124 e. The monoisotopic (exact) mass is 246 g/mol. The van der Waals surface area contributed by atoms with Gasteiger partial charge in [0.05, 0.1) is 0 Å². The number of piperidine rings is 1. The summed E-state index contributed by atoms with van der Waals surface area (Å²) in [6, 6.07) is 8.85. The Bertz CT molecular complexity index is 434. The van der Waals surface area contributed by atoms with Crippen molar-refractivity contribution in [2.75, 3.05) is 20.1 Å². The minimum Gasteiger partial charge on any atom is -0.486 e. The van der Waals surface area contributed by atoms with Gasteiger partial charge in [-0.3, -0.25) is 0 Å². The van der Waals surface area contributed by atoms with Gasteiger partial charge in [-0.15, -0.1) is 0 Å². The van der Waals surface area contributed by atoms with Gasteiger partial charge < -0.3 is 15.4 Å². The zero-order valence-corrected chi connectivity index (χ0v) is 11.2. The standard InChI is InChI=1S/C15H22N2O/c1-11-10-17-8-7-15(11)9-13(16-2)12-5-3-4-6-14(12)18-15/h3-6,11,13,16-17H,7-10H2,1-2H3. The van der Waals surface area contributed by atoms with E-state index in [0.29, 0.717) is 12.0 Å². The fourth-order valence-electron chi connectivity index (χ4n) is 3.34. The van der Waals surface area contributed by atoms with Crippen LogP contribution < -0.4 is 15.4 Å². The highest BCUT2D eigenvalue weighted by molar-refractivity contribution is 5.39. The Morgan fingerprint density at radius 3 is 3.00 bits per heavy atom. The summed E-state index contributed by atoms with van der Waals surface area (Å²) in [5.74, 6) is 1.62. The normalized spacial score (nSPS) is 35.0. The van der Waals surface area contributed by atoms with Gasteiger partial charge in [0.25, 0.3) is 0 Å². The third kappa shape index (κ3) is 1.82. The van der Waals surface area contributed by atoms with Crippen molar-refractivity contribution in [2.24, 2.45) is 5.92 Å². The van der Waals surface area contributed by atoms with Gasteiger partial charge in [-0.25, -0.2) is 0 Å². The first kappa shape index (κ1) is 12.0. The average Bonchev–Trinajstić information content (AvgIpc) is 2.41. The van der Waals surface area contributed by atoms with Crippen molar-refractivity contribution in [3.05, 3.63) is 29.8 Å². The van der Waals surface area contributed by atoms with Crippen molar-refractivity contribution in [1.82, 2.24) is 10.6 Å². The van der Waals surface area contributed by atoms with E-state index in [9.17, 15) is 0 Å². The van der Waals surface area contributed by atoms with E-state index in [1.807, 2.05) is 7.05 Å². The number of hydrogen-bond donors (Lipinski definition) is 2. The molecule has 3 rings (SSSR count). The maximum absolute atomic E-state index is 6.42. The van der Waals surface area contributed by atoms with Gasteiger partial charge in [0.2, 0.25) is 0 Å². The van der Waals surface area contributed by atoms with Gasteiger partial charge >= 0.3 is 0 Å². The van der Waals surface area contributed by atoms with Crippen molar-refractivity contribution in [1.29, 1.82) is 0 Å². The molecule has 3 atom stereocenters. The molecule has 3 heteroatoms. The minimum atomic E-state index is 0.00722. The Kier molecular flexibility index (Phi) is 3.04. The molecule has 3 nitrogen and oxygen atoms in total. The molecule has 3 unspecified atom stereocenters. The zero-order chi connectivity index (χ0) is 12.6. The largest absolute Gasteiger partial charge is 0.486 e. The topological polar surface area (TPSA) is 33.3 Å². The molecule has 1 spiro atoms. The third-order valence-electron chi connectivity index (χ3n) is 4.58. The van der Waals surface area contributed by atoms with E-state index >= 15 is 0 Å². The van der Waals surface area contributed by atoms with E-state index in [1.54, 1.807) is 0 Å². The summed E-state index contributed by atoms with van der Waals surface area (Å²) in [5, 5.41) is 6.91. The van der Waals surface area contributed by atoms with E-state index in [2.05, 4.69) is 41.8 Å². The second-order valence-electron chi connectivity index (χ2n) is 5.61. The Morgan fingerprint density at radius 1 is 1.39 bits per heavy atom. The highest BCUT2D eigenvalue weighted by atomic mass is 16.5. The summed E-state index contributed by atoms with van der Waals surface area (Å²) in [6.07, 6.45) is 2.17. The fraction of sp³-hybridized carbons (Fsp3) is 0.600. The van der Waals surface area contributed by atoms with Crippen molar-refractivity contribution >= 4 is 0 Å². The fourth-order valence-corrected chi connectivity index (χ4v) is 3.34. The summed E-state index contributed by atoms with van der Waals surface area (Å²) >= 11 is 0. The Hall–Kier alpha value is -1.06. The molecule has 0 radical (unpaired) electrons. The lowest BCUT2D eigenvalue weighted by Gasteiger charge is -2.48. The first-order valence-electron chi connectivity index (χ1n) is 6.91. The van der Waals surface area contributed by atoms with Crippen LogP contribution in [0.25, 0.3) is 0 Å². The Balaban J connectivity index is 1.98. The van der Waals surface area contributed by atoms with Gasteiger partial charge in [0.15, 0.2) is 0 Å². The van der Waals surface area contributed by atoms with E-state index in [1.165, 1.54) is 5.56 Å². The molecule has 18 heavy (non-hydrogen) atoms. The van der Waals surface area contributed by atoms with Crippen LogP contribution in [-0.2, 0) is 0 Å². The van der Waals surface area contributed by atoms with Crippen LogP contribution in [0.3, 0.4) is 0 Å². The van der Waals surface area contributed by atoms with Crippen molar-refractivity contribution in [2.45, 2.75) is 31.4 Å². The first-order chi connectivity index (χ1) is 8.75. The van der Waals surface area contributed by atoms with Crippen LogP contribution in [0, 0.1) is 5.92 Å². The Morgan fingerprint density at radius 2 is 2.22 bits per heavy atom. The lowest BCUT2D eigenvalue weighted by atomic mass is 9.75. The zero-order valence-electron chi connectivity index (χ0n) is 11.2. The van der Waals surface area contributed by atoms with Crippen molar-refractivity contribution in [3.8, 4) is 5.75 Å². The predicted octanol–water partition coefficient (Wildman–Crippen LogP) is 2.10. The number of benzene rings is 1. The molecule has 0 saturated carbocycles. The Labute approximate surface area is 109 Å². The first-order valence-corrected chi connectivity index (χ1v) is 6.91. The van der Waals surface area contributed by atoms with Crippen LogP contribution in [0.15, 0.2) is 24.3 Å². The number of fused-ring (bicyclic) bond motifs is 1. The maximum atomic E-state index is 6.42. The lowest BCUT2D eigenvalue weighted by molar-refractivity contribution is -0.0366. The number of ether oxygens (including phenoxy) is 1. The molecule has 2 aliphatic heterocycles. The van der Waals surface area contributed by atoms with Gasteiger partial charge in [-0.2, -0.15) is 0 Å². The summed E-state index contributed by atoms with van der Waals surface area (Å²) in [7, 11) is 2.05. The molecule has 2 aliphatic rings. The molecule has 0 aromatic heterocycles. The molecule has 2 N–H and O–H groups in total. The lowest BCUT2D eigenvalue weighted by Crippen LogP contribution is -2.56. The second kappa shape index (κ2) is 4.56. The van der Waals surface area contributed by atoms with Gasteiger partial charge in [0, 0.05) is 30.5 Å². The number of nitrogens with one attached hydrogen (secondary N) is 2. The molecular formula is C15H22N2O. The molecule has 0 bridgehead atoms. The second-order valence-corrected chi connectivity index (χ2v) is 5.61. The molecule has 0 amide bonds. The summed E-state index contributed by atoms with van der Waals surface area (Å²) in [4.78, 5) is 0. The summed E-state index contributed by atoms with van der Waals surface area (Å²) in [6.45, 7) is 4.41. The van der Waals surface area contributed by atoms with Crippen LogP contribution >= 0.6 is 0 Å². The average molecular weight is 246 g/mol. The van der Waals surface area contributed by atoms with Crippen LogP contribution in [0.5, 0.6) is 5.75 Å². The van der Waals surface area contributed by atoms with E-state index in [-0.39, 0.29) is 5.60 Å². The van der Waals surface area contributed by atoms with Crippen LogP contribution in [0.1, 0.15) is 31.4 Å². The molecule has 1 aromatic carbocycles. The predicted molar refractivity (Wildman–Crippen MR) is 72.9 cm³/mol. The molecule has 0 aliphatic carbocycles. The molecule has 1 saturated heterocycles. The van der Waals surface area contributed by atoms with Crippen LogP contribution in [-0.4, -0.2) is 25.7 Å². The summed E-state index contributed by atoms with van der Waals surface area (Å²) in [5.41, 5.74) is 1.31. The number of hydrogen-bond acceptors (Lipinski definition) is 3. The molecule has 1 aromatic rings. The van der Waals surface area contributed by atoms with Gasteiger partial charge in [-0.1, -0.05) is 25.1 Å². The molecular weight excluding hydrogens is 224 g/mol. The van der Waals surface area contributed by atoms with Crippen molar-refractivity contribution < 1.29 is 4.74 Å². The minimum absolute atomic E-state index is 0.00722. The molecule has 98 valence electrons. The highest BCUT2D eigenvalue weighted by Crippen LogP contribution is 2.45. The van der Waals surface area contributed by atoms with E-state index < -0.39 is 0 Å². The summed E-state index contributed by atoms with van der Waals surface area (Å²) < 4.78 is 6.42. The van der Waals surface area contributed by atoms with E-state index in [4.69, 9.17) is 4.74 Å². The van der Waals surface area contributed by atoms with Crippen LogP contribution in [0.4, 0.5) is 0 Å². The third-order valence-corrected chi connectivity index (χ3v) is 4.58. The van der Waals surface area contributed by atoms with Crippen molar-refractivity contribution in [3.63, 3.8) is 0 Å². The van der Waals surface area contributed by atoms with Gasteiger partial charge in [0.1, 0.15) is 11.4 Å².